The summed E-state index contributed by atoms with van der Waals surface area (Å²) in [6.07, 6.45) is 0. The minimum absolute atomic E-state index is 0.163. The van der Waals surface area contributed by atoms with Crippen molar-refractivity contribution in [2.75, 3.05) is 5.73 Å². The molecule has 0 atom stereocenters. The van der Waals surface area contributed by atoms with Crippen LogP contribution in [0.15, 0.2) is 42.5 Å². The molecule has 0 aliphatic carbocycles. The summed E-state index contributed by atoms with van der Waals surface area (Å²) in [4.78, 5) is 10.9. The molecule has 96 valence electrons. The zero-order valence-electron chi connectivity index (χ0n) is 9.85. The Labute approximate surface area is 115 Å². The fraction of sp³-hybridized carbons (Fsp3) is 0. The maximum Gasteiger partial charge on any atom is 0.354 e. The number of hydrogen-bond donors (Lipinski definition) is 3. The van der Waals surface area contributed by atoms with Gasteiger partial charge in [0.1, 0.15) is 5.71 Å². The van der Waals surface area contributed by atoms with Crippen molar-refractivity contribution in [3.05, 3.63) is 53.1 Å². The van der Waals surface area contributed by atoms with E-state index in [-0.39, 0.29) is 11.3 Å². The Hall–Kier alpha value is -2.33. The van der Waals surface area contributed by atoms with Gasteiger partial charge in [0.15, 0.2) is 0 Å². The summed E-state index contributed by atoms with van der Waals surface area (Å²) in [6.45, 7) is 0. The number of nitrogens with two attached hydrogens (primary N) is 1. The number of anilines is 1. The number of carbonyl (C=O) groups is 1. The first kappa shape index (κ1) is 13.1. The third-order valence-corrected chi connectivity index (χ3v) is 3.02. The first-order chi connectivity index (χ1) is 9.00. The van der Waals surface area contributed by atoms with E-state index in [0.717, 1.165) is 5.56 Å². The highest BCUT2D eigenvalue weighted by Crippen LogP contribution is 2.32. The number of benzene rings is 2. The van der Waals surface area contributed by atoms with Crippen molar-refractivity contribution >= 4 is 29.0 Å². The molecule has 0 aromatic heterocycles. The summed E-state index contributed by atoms with van der Waals surface area (Å²) < 4.78 is 0. The molecule has 2 rings (SSSR count). The highest BCUT2D eigenvalue weighted by Gasteiger charge is 2.16. The Kier molecular flexibility index (Phi) is 3.53. The number of nitrogen functional groups attached to an aromatic ring is 1. The van der Waals surface area contributed by atoms with E-state index in [1.165, 1.54) is 12.1 Å². The van der Waals surface area contributed by atoms with Crippen LogP contribution in [0.3, 0.4) is 0 Å². The summed E-state index contributed by atoms with van der Waals surface area (Å²) in [5.74, 6) is -1.33. The maximum atomic E-state index is 10.9. The van der Waals surface area contributed by atoms with Crippen LogP contribution in [0.4, 0.5) is 5.69 Å². The first-order valence-electron chi connectivity index (χ1n) is 5.47. The molecule has 0 spiro atoms. The Morgan fingerprint density at radius 1 is 1.21 bits per heavy atom. The smallest absolute Gasteiger partial charge is 0.354 e. The van der Waals surface area contributed by atoms with E-state index < -0.39 is 11.7 Å². The molecule has 0 radical (unpaired) electrons. The Morgan fingerprint density at radius 3 is 2.42 bits per heavy atom. The SMILES string of the molecule is N=C(C(=O)O)c1cc(-c2ccccc2)c(Cl)cc1N. The van der Waals surface area contributed by atoms with Gasteiger partial charge in [-0.15, -0.1) is 0 Å². The number of hydrogen-bond acceptors (Lipinski definition) is 3. The van der Waals surface area contributed by atoms with Crippen molar-refractivity contribution in [2.45, 2.75) is 0 Å². The highest BCUT2D eigenvalue weighted by atomic mass is 35.5. The quantitative estimate of drug-likeness (QED) is 0.594. The summed E-state index contributed by atoms with van der Waals surface area (Å²) in [7, 11) is 0. The molecular weight excluding hydrogens is 264 g/mol. The van der Waals surface area contributed by atoms with Gasteiger partial charge in [-0.2, -0.15) is 0 Å². The van der Waals surface area contributed by atoms with Crippen molar-refractivity contribution < 1.29 is 9.90 Å². The summed E-state index contributed by atoms with van der Waals surface area (Å²) in [5.41, 5.74) is 7.00. The van der Waals surface area contributed by atoms with Crippen molar-refractivity contribution in [2.24, 2.45) is 0 Å². The molecule has 0 unspecified atom stereocenters. The third-order valence-electron chi connectivity index (χ3n) is 2.71. The van der Waals surface area contributed by atoms with Gasteiger partial charge < -0.3 is 10.8 Å². The van der Waals surface area contributed by atoms with Gasteiger partial charge in [-0.1, -0.05) is 41.9 Å². The Morgan fingerprint density at radius 2 is 1.84 bits per heavy atom. The Balaban J connectivity index is 2.61. The number of carboxylic acids is 1. The zero-order chi connectivity index (χ0) is 14.0. The Bertz CT molecular complexity index is 654. The van der Waals surface area contributed by atoms with Crippen molar-refractivity contribution in [3.8, 4) is 11.1 Å². The normalized spacial score (nSPS) is 10.2. The molecule has 0 aliphatic heterocycles. The lowest BCUT2D eigenvalue weighted by atomic mass is 9.99. The van der Waals surface area contributed by atoms with Crippen LogP contribution in [-0.2, 0) is 4.79 Å². The molecule has 0 heterocycles. The van der Waals surface area contributed by atoms with Gasteiger partial charge in [-0.05, 0) is 17.7 Å². The molecule has 19 heavy (non-hydrogen) atoms. The monoisotopic (exact) mass is 274 g/mol. The van der Waals surface area contributed by atoms with E-state index in [9.17, 15) is 4.79 Å². The minimum atomic E-state index is -1.33. The summed E-state index contributed by atoms with van der Waals surface area (Å²) in [6, 6.07) is 12.3. The molecule has 2 aromatic carbocycles. The molecular formula is C14H11ClN2O2. The number of aliphatic carboxylic acids is 1. The van der Waals surface area contributed by atoms with Crippen LogP contribution in [0.2, 0.25) is 5.02 Å². The predicted octanol–water partition coefficient (Wildman–Crippen LogP) is 3.04. The molecule has 5 heteroatoms. The van der Waals surface area contributed by atoms with Crippen LogP contribution in [0.1, 0.15) is 5.56 Å². The van der Waals surface area contributed by atoms with Crippen LogP contribution in [-0.4, -0.2) is 16.8 Å². The van der Waals surface area contributed by atoms with Crippen molar-refractivity contribution in [1.82, 2.24) is 0 Å². The maximum absolute atomic E-state index is 10.9. The van der Waals surface area contributed by atoms with Crippen LogP contribution in [0.25, 0.3) is 11.1 Å². The molecule has 0 saturated carbocycles. The molecule has 0 aliphatic rings. The average Bonchev–Trinajstić information content (AvgIpc) is 2.39. The van der Waals surface area contributed by atoms with Gasteiger partial charge in [0.25, 0.3) is 0 Å². The molecule has 2 aromatic rings. The highest BCUT2D eigenvalue weighted by molar-refractivity contribution is 6.43. The minimum Gasteiger partial charge on any atom is -0.477 e. The summed E-state index contributed by atoms with van der Waals surface area (Å²) in [5, 5.41) is 16.8. The second kappa shape index (κ2) is 5.12. The van der Waals surface area contributed by atoms with Crippen molar-refractivity contribution in [3.63, 3.8) is 0 Å². The zero-order valence-corrected chi connectivity index (χ0v) is 10.6. The third kappa shape index (κ3) is 2.58. The van der Waals surface area contributed by atoms with Gasteiger partial charge in [-0.25, -0.2) is 4.79 Å². The van der Waals surface area contributed by atoms with E-state index >= 15 is 0 Å². The van der Waals surface area contributed by atoms with Gasteiger partial charge in [-0.3, -0.25) is 5.41 Å². The molecule has 0 bridgehead atoms. The summed E-state index contributed by atoms with van der Waals surface area (Å²) >= 11 is 6.12. The van der Waals surface area contributed by atoms with E-state index in [1.807, 2.05) is 30.3 Å². The molecule has 4 N–H and O–H groups in total. The van der Waals surface area contributed by atoms with Crippen molar-refractivity contribution in [1.29, 1.82) is 5.41 Å². The van der Waals surface area contributed by atoms with E-state index in [2.05, 4.69) is 0 Å². The van der Waals surface area contributed by atoms with Gasteiger partial charge in [0.05, 0.1) is 5.02 Å². The lowest BCUT2D eigenvalue weighted by Gasteiger charge is -2.10. The average molecular weight is 275 g/mol. The van der Waals surface area contributed by atoms with Crippen LogP contribution >= 0.6 is 11.6 Å². The van der Waals surface area contributed by atoms with Gasteiger partial charge in [0.2, 0.25) is 0 Å². The molecule has 0 amide bonds. The largest absolute Gasteiger partial charge is 0.477 e. The second-order valence-electron chi connectivity index (χ2n) is 3.97. The number of rotatable bonds is 3. The molecule has 4 nitrogen and oxygen atoms in total. The lowest BCUT2D eigenvalue weighted by Crippen LogP contribution is -2.15. The van der Waals surface area contributed by atoms with Gasteiger partial charge in [0, 0.05) is 16.8 Å². The van der Waals surface area contributed by atoms with Crippen LogP contribution in [0, 0.1) is 5.41 Å². The first-order valence-corrected chi connectivity index (χ1v) is 5.85. The van der Waals surface area contributed by atoms with E-state index in [4.69, 9.17) is 27.9 Å². The standard InChI is InChI=1S/C14H11ClN2O2/c15-11-7-12(16)10(13(17)14(18)19)6-9(11)8-4-2-1-3-5-8/h1-7,17H,16H2,(H,18,19). The fourth-order valence-corrected chi connectivity index (χ4v) is 2.04. The molecule has 0 saturated heterocycles. The number of carboxylic acid groups (broad SMARTS) is 1. The van der Waals surface area contributed by atoms with Crippen LogP contribution < -0.4 is 5.73 Å². The van der Waals surface area contributed by atoms with E-state index in [0.29, 0.717) is 10.6 Å². The fourth-order valence-electron chi connectivity index (χ4n) is 1.76. The van der Waals surface area contributed by atoms with Gasteiger partial charge >= 0.3 is 5.97 Å². The number of nitrogens with one attached hydrogen (secondary N) is 1. The lowest BCUT2D eigenvalue weighted by molar-refractivity contribution is -0.129. The number of halogens is 1. The topological polar surface area (TPSA) is 87.2 Å². The van der Waals surface area contributed by atoms with E-state index in [1.54, 1.807) is 0 Å². The van der Waals surface area contributed by atoms with Crippen LogP contribution in [0.5, 0.6) is 0 Å². The molecule has 0 fully saturated rings. The second-order valence-corrected chi connectivity index (χ2v) is 4.37. The predicted molar refractivity (Wildman–Crippen MR) is 75.8 cm³/mol.